The zero-order chi connectivity index (χ0) is 24.3. The van der Waals surface area contributed by atoms with Gasteiger partial charge in [-0.1, -0.05) is 32.8 Å². The maximum atomic E-state index is 13.8. The molecular formula is C25H36O7. The van der Waals surface area contributed by atoms with Gasteiger partial charge in [0.05, 0.1) is 11.7 Å². The van der Waals surface area contributed by atoms with Crippen molar-refractivity contribution in [3.8, 4) is 12.3 Å². The summed E-state index contributed by atoms with van der Waals surface area (Å²) >= 11 is 0. The standard InChI is InChI=1S/C25H36O7/c1-9-13-30-17-11-12-21(4,5)19-18(31-15(3)26)20(28)24(8)25(29,23(17,19)7)16(27)14-22(6,10-2)32-24/h1,10,17-20,28-29H,2,11-14H2,3-8H3/t17-,18-,19-,20-,22-,23-,24+,25-/m0/s1. The van der Waals surface area contributed by atoms with Crippen LogP contribution in [0.1, 0.15) is 60.8 Å². The Hall–Kier alpha value is -1.72. The van der Waals surface area contributed by atoms with E-state index in [4.69, 9.17) is 20.6 Å². The second kappa shape index (κ2) is 7.66. The first-order valence-corrected chi connectivity index (χ1v) is 11.1. The van der Waals surface area contributed by atoms with Gasteiger partial charge in [0.2, 0.25) is 0 Å². The second-order valence-corrected chi connectivity index (χ2v) is 10.8. The molecule has 2 aliphatic carbocycles. The number of ether oxygens (including phenoxy) is 3. The van der Waals surface area contributed by atoms with Gasteiger partial charge in [-0.15, -0.1) is 13.0 Å². The molecule has 32 heavy (non-hydrogen) atoms. The third kappa shape index (κ3) is 3.11. The lowest BCUT2D eigenvalue weighted by molar-refractivity contribution is -0.372. The quantitative estimate of drug-likeness (QED) is 0.386. The van der Waals surface area contributed by atoms with E-state index in [1.54, 1.807) is 13.8 Å². The molecule has 0 aromatic rings. The van der Waals surface area contributed by atoms with Crippen LogP contribution in [0, 0.1) is 29.1 Å². The normalized spacial score (nSPS) is 47.5. The number of fused-ring (bicyclic) bond motifs is 3. The molecule has 1 saturated heterocycles. The lowest BCUT2D eigenvalue weighted by atomic mass is 9.39. The molecule has 0 radical (unpaired) electrons. The summed E-state index contributed by atoms with van der Waals surface area (Å²) in [5, 5.41) is 24.0. The predicted octanol–water partition coefficient (Wildman–Crippen LogP) is 2.18. The summed E-state index contributed by atoms with van der Waals surface area (Å²) in [5.74, 6) is 0.820. The molecule has 1 heterocycles. The zero-order valence-electron chi connectivity index (χ0n) is 19.9. The Labute approximate surface area is 190 Å². The van der Waals surface area contributed by atoms with Gasteiger partial charge in [0.1, 0.15) is 24.4 Å². The highest BCUT2D eigenvalue weighted by atomic mass is 16.6. The topological polar surface area (TPSA) is 102 Å². The summed E-state index contributed by atoms with van der Waals surface area (Å²) in [6.07, 6.45) is 4.91. The van der Waals surface area contributed by atoms with Crippen molar-refractivity contribution in [3.05, 3.63) is 12.7 Å². The Morgan fingerprint density at radius 3 is 2.50 bits per heavy atom. The SMILES string of the molecule is C#CCO[C@H]1CCC(C)(C)[C@@H]2[C@H](OC(C)=O)[C@H](O)[C@@]3(C)O[C@@](C)(C=C)CC(=O)[C@]3(O)[C@@]12C. The van der Waals surface area contributed by atoms with Crippen molar-refractivity contribution in [2.75, 3.05) is 6.61 Å². The van der Waals surface area contributed by atoms with E-state index in [0.717, 1.165) is 0 Å². The van der Waals surface area contributed by atoms with Gasteiger partial charge in [-0.25, -0.2) is 0 Å². The predicted molar refractivity (Wildman–Crippen MR) is 117 cm³/mol. The summed E-state index contributed by atoms with van der Waals surface area (Å²) in [6, 6.07) is 0. The van der Waals surface area contributed by atoms with Crippen LogP contribution < -0.4 is 0 Å². The molecule has 3 rings (SSSR count). The van der Waals surface area contributed by atoms with Gasteiger partial charge in [0, 0.05) is 24.7 Å². The average molecular weight is 449 g/mol. The number of esters is 1. The minimum atomic E-state index is -2.12. The van der Waals surface area contributed by atoms with Crippen molar-refractivity contribution < 1.29 is 34.0 Å². The molecule has 7 heteroatoms. The van der Waals surface area contributed by atoms with E-state index in [1.165, 1.54) is 19.9 Å². The monoisotopic (exact) mass is 448 g/mol. The molecule has 178 valence electrons. The van der Waals surface area contributed by atoms with Crippen molar-refractivity contribution in [2.24, 2.45) is 16.7 Å². The molecule has 0 aromatic carbocycles. The minimum Gasteiger partial charge on any atom is -0.459 e. The first-order chi connectivity index (χ1) is 14.6. The third-order valence-electron chi connectivity index (χ3n) is 8.37. The van der Waals surface area contributed by atoms with Crippen molar-refractivity contribution in [1.29, 1.82) is 0 Å². The molecule has 0 unspecified atom stereocenters. The van der Waals surface area contributed by atoms with E-state index in [-0.39, 0.29) is 13.0 Å². The molecule has 0 bridgehead atoms. The lowest BCUT2D eigenvalue weighted by Crippen LogP contribution is -2.86. The average Bonchev–Trinajstić information content (AvgIpc) is 2.68. The Kier molecular flexibility index (Phi) is 5.97. The van der Waals surface area contributed by atoms with E-state index < -0.39 is 63.6 Å². The Morgan fingerprint density at radius 2 is 1.97 bits per heavy atom. The molecule has 2 N–H and O–H groups in total. The van der Waals surface area contributed by atoms with Crippen molar-refractivity contribution in [2.45, 2.75) is 95.9 Å². The zero-order valence-corrected chi connectivity index (χ0v) is 19.9. The van der Waals surface area contributed by atoms with Crippen LogP contribution in [0.25, 0.3) is 0 Å². The number of hydrogen-bond donors (Lipinski definition) is 2. The highest BCUT2D eigenvalue weighted by Crippen LogP contribution is 2.67. The first kappa shape index (κ1) is 24.9. The molecular weight excluding hydrogens is 412 g/mol. The maximum Gasteiger partial charge on any atom is 0.303 e. The fourth-order valence-electron chi connectivity index (χ4n) is 6.98. The summed E-state index contributed by atoms with van der Waals surface area (Å²) < 4.78 is 18.1. The number of carbonyl (C=O) groups is 2. The van der Waals surface area contributed by atoms with Crippen LogP contribution in [0.15, 0.2) is 12.7 Å². The maximum absolute atomic E-state index is 13.8. The number of aliphatic hydroxyl groups excluding tert-OH is 1. The fourth-order valence-corrected chi connectivity index (χ4v) is 6.98. The van der Waals surface area contributed by atoms with Gasteiger partial charge in [-0.05, 0) is 32.1 Å². The van der Waals surface area contributed by atoms with Gasteiger partial charge in [-0.3, -0.25) is 9.59 Å². The fraction of sp³-hybridized carbons (Fsp3) is 0.760. The van der Waals surface area contributed by atoms with Gasteiger partial charge in [0.15, 0.2) is 11.4 Å². The highest BCUT2D eigenvalue weighted by Gasteiger charge is 2.81. The number of carbonyl (C=O) groups excluding carboxylic acids is 2. The molecule has 7 nitrogen and oxygen atoms in total. The van der Waals surface area contributed by atoms with Gasteiger partial charge in [0.25, 0.3) is 0 Å². The lowest BCUT2D eigenvalue weighted by Gasteiger charge is -2.71. The first-order valence-electron chi connectivity index (χ1n) is 11.1. The van der Waals surface area contributed by atoms with E-state index >= 15 is 0 Å². The second-order valence-electron chi connectivity index (χ2n) is 10.8. The van der Waals surface area contributed by atoms with Gasteiger partial charge in [-0.2, -0.15) is 0 Å². The summed E-state index contributed by atoms with van der Waals surface area (Å²) in [4.78, 5) is 25.9. The summed E-state index contributed by atoms with van der Waals surface area (Å²) in [7, 11) is 0. The number of terminal acetylenes is 1. The van der Waals surface area contributed by atoms with Crippen molar-refractivity contribution in [1.82, 2.24) is 0 Å². The number of ketones is 1. The molecule has 1 aliphatic heterocycles. The smallest absolute Gasteiger partial charge is 0.303 e. The van der Waals surface area contributed by atoms with Crippen LogP contribution in [-0.2, 0) is 23.8 Å². The van der Waals surface area contributed by atoms with Gasteiger partial charge < -0.3 is 24.4 Å². The molecule has 0 aromatic heterocycles. The van der Waals surface area contributed by atoms with Gasteiger partial charge >= 0.3 is 5.97 Å². The summed E-state index contributed by atoms with van der Waals surface area (Å²) in [5.41, 5.74) is -6.79. The Bertz CT molecular complexity index is 859. The molecule has 0 spiro atoms. The summed E-state index contributed by atoms with van der Waals surface area (Å²) in [6.45, 7) is 14.0. The number of aliphatic hydroxyl groups is 2. The molecule has 3 aliphatic rings. The van der Waals surface area contributed by atoms with Crippen LogP contribution in [-0.4, -0.2) is 63.7 Å². The number of rotatable bonds is 4. The third-order valence-corrected chi connectivity index (χ3v) is 8.37. The van der Waals surface area contributed by atoms with E-state index in [0.29, 0.717) is 12.8 Å². The number of hydrogen-bond acceptors (Lipinski definition) is 7. The van der Waals surface area contributed by atoms with Crippen LogP contribution >= 0.6 is 0 Å². The largest absolute Gasteiger partial charge is 0.459 e. The molecule has 8 atom stereocenters. The van der Waals surface area contributed by atoms with E-state index in [1.807, 2.05) is 13.8 Å². The Balaban J connectivity index is 2.33. The van der Waals surface area contributed by atoms with Crippen LogP contribution in [0.4, 0.5) is 0 Å². The minimum absolute atomic E-state index is 0.000403. The Morgan fingerprint density at radius 1 is 1.34 bits per heavy atom. The molecule has 2 saturated carbocycles. The van der Waals surface area contributed by atoms with Crippen molar-refractivity contribution >= 4 is 11.8 Å². The molecule has 3 fully saturated rings. The highest BCUT2D eigenvalue weighted by molar-refractivity contribution is 5.92. The number of Topliss-reactive ketones (excluding diaryl/α,β-unsaturated/α-hetero) is 1. The van der Waals surface area contributed by atoms with E-state index in [2.05, 4.69) is 12.5 Å². The van der Waals surface area contributed by atoms with Crippen LogP contribution in [0.3, 0.4) is 0 Å². The van der Waals surface area contributed by atoms with Crippen molar-refractivity contribution in [3.63, 3.8) is 0 Å². The van der Waals surface area contributed by atoms with Crippen LogP contribution in [0.2, 0.25) is 0 Å². The van der Waals surface area contributed by atoms with Crippen LogP contribution in [0.5, 0.6) is 0 Å². The molecule has 0 amide bonds. The van der Waals surface area contributed by atoms with E-state index in [9.17, 15) is 19.8 Å².